The minimum Gasteiger partial charge on any atom is -0.369 e. The molecule has 0 aliphatic heterocycles. The SMILES string of the molecule is CCCCC(CC)CN(c1ccc(N(CC(CC)CCCC)C(C)CCC)cc1)C(C)CCC. The van der Waals surface area contributed by atoms with Crippen molar-refractivity contribution in [1.82, 2.24) is 0 Å². The third kappa shape index (κ3) is 10.6. The second kappa shape index (κ2) is 18.1. The van der Waals surface area contributed by atoms with Crippen LogP contribution in [0.1, 0.15) is 132 Å². The Morgan fingerprint density at radius 2 is 0.882 bits per heavy atom. The maximum absolute atomic E-state index is 2.72. The zero-order valence-corrected chi connectivity index (χ0v) is 24.4. The summed E-state index contributed by atoms with van der Waals surface area (Å²) in [5, 5.41) is 0. The molecule has 4 unspecified atom stereocenters. The second-order valence-corrected chi connectivity index (χ2v) is 10.9. The molecule has 34 heavy (non-hydrogen) atoms. The van der Waals surface area contributed by atoms with Crippen LogP contribution in [0.15, 0.2) is 24.3 Å². The van der Waals surface area contributed by atoms with Gasteiger partial charge in [-0.1, -0.05) is 92.9 Å². The van der Waals surface area contributed by atoms with Crippen molar-refractivity contribution >= 4 is 11.4 Å². The van der Waals surface area contributed by atoms with E-state index in [4.69, 9.17) is 0 Å². The minimum atomic E-state index is 0.597. The monoisotopic (exact) mass is 472 g/mol. The molecule has 0 aliphatic rings. The lowest BCUT2D eigenvalue weighted by atomic mass is 9.96. The number of unbranched alkanes of at least 4 members (excludes halogenated alkanes) is 2. The quantitative estimate of drug-likeness (QED) is 0.186. The lowest BCUT2D eigenvalue weighted by Gasteiger charge is -2.37. The summed E-state index contributed by atoms with van der Waals surface area (Å²) in [5.74, 6) is 1.59. The van der Waals surface area contributed by atoms with E-state index in [1.807, 2.05) is 0 Å². The average Bonchev–Trinajstić information content (AvgIpc) is 2.85. The average molecular weight is 473 g/mol. The van der Waals surface area contributed by atoms with Crippen molar-refractivity contribution in [2.45, 2.75) is 145 Å². The first-order valence-electron chi connectivity index (χ1n) is 15.1. The molecule has 0 heterocycles. The molecular weight excluding hydrogens is 412 g/mol. The maximum Gasteiger partial charge on any atom is 0.0370 e. The molecule has 0 saturated carbocycles. The predicted molar refractivity (Wildman–Crippen MR) is 156 cm³/mol. The van der Waals surface area contributed by atoms with Crippen molar-refractivity contribution in [2.24, 2.45) is 11.8 Å². The molecule has 0 bridgehead atoms. The van der Waals surface area contributed by atoms with Crippen LogP contribution in [0.25, 0.3) is 0 Å². The van der Waals surface area contributed by atoms with Gasteiger partial charge in [-0.25, -0.2) is 0 Å². The summed E-state index contributed by atoms with van der Waals surface area (Å²) in [5.41, 5.74) is 2.83. The zero-order chi connectivity index (χ0) is 25.3. The third-order valence-electron chi connectivity index (χ3n) is 7.99. The van der Waals surface area contributed by atoms with Gasteiger partial charge in [-0.3, -0.25) is 0 Å². The molecule has 0 saturated heterocycles. The van der Waals surface area contributed by atoms with E-state index >= 15 is 0 Å². The number of rotatable bonds is 20. The molecule has 2 heteroatoms. The van der Waals surface area contributed by atoms with E-state index in [-0.39, 0.29) is 0 Å². The van der Waals surface area contributed by atoms with Crippen LogP contribution < -0.4 is 9.80 Å². The Bertz CT molecular complexity index is 543. The first-order chi connectivity index (χ1) is 16.4. The molecule has 1 aromatic rings. The highest BCUT2D eigenvalue weighted by molar-refractivity contribution is 5.57. The third-order valence-corrected chi connectivity index (χ3v) is 7.99. The number of hydrogen-bond acceptors (Lipinski definition) is 2. The zero-order valence-electron chi connectivity index (χ0n) is 24.4. The predicted octanol–water partition coefficient (Wildman–Crippen LogP) is 10.1. The van der Waals surface area contributed by atoms with Gasteiger partial charge in [0, 0.05) is 36.5 Å². The Labute approximate surface area is 214 Å². The van der Waals surface area contributed by atoms with Gasteiger partial charge in [-0.15, -0.1) is 0 Å². The van der Waals surface area contributed by atoms with Crippen molar-refractivity contribution < 1.29 is 0 Å². The molecule has 2 nitrogen and oxygen atoms in total. The minimum absolute atomic E-state index is 0.597. The molecule has 4 atom stereocenters. The summed E-state index contributed by atoms with van der Waals surface area (Å²) < 4.78 is 0. The van der Waals surface area contributed by atoms with Crippen LogP contribution in [0, 0.1) is 11.8 Å². The fourth-order valence-electron chi connectivity index (χ4n) is 5.45. The van der Waals surface area contributed by atoms with Gasteiger partial charge in [0.25, 0.3) is 0 Å². The Morgan fingerprint density at radius 3 is 1.15 bits per heavy atom. The van der Waals surface area contributed by atoms with Gasteiger partial charge in [0.05, 0.1) is 0 Å². The number of benzene rings is 1. The van der Waals surface area contributed by atoms with E-state index in [9.17, 15) is 0 Å². The van der Waals surface area contributed by atoms with Crippen LogP contribution in [0.3, 0.4) is 0 Å². The summed E-state index contributed by atoms with van der Waals surface area (Å²) in [7, 11) is 0. The molecule has 1 aromatic carbocycles. The number of hydrogen-bond donors (Lipinski definition) is 0. The summed E-state index contributed by atoms with van der Waals surface area (Å²) in [6.45, 7) is 21.3. The smallest absolute Gasteiger partial charge is 0.0370 e. The fraction of sp³-hybridized carbons (Fsp3) is 0.812. The fourth-order valence-corrected chi connectivity index (χ4v) is 5.45. The molecule has 1 rings (SSSR count). The molecule has 198 valence electrons. The van der Waals surface area contributed by atoms with E-state index in [0.717, 1.165) is 11.8 Å². The van der Waals surface area contributed by atoms with Crippen molar-refractivity contribution in [3.8, 4) is 0 Å². The molecule has 0 spiro atoms. The highest BCUT2D eigenvalue weighted by Gasteiger charge is 2.21. The highest BCUT2D eigenvalue weighted by Crippen LogP contribution is 2.29. The van der Waals surface area contributed by atoms with E-state index < -0.39 is 0 Å². The van der Waals surface area contributed by atoms with Gasteiger partial charge in [0.1, 0.15) is 0 Å². The van der Waals surface area contributed by atoms with Gasteiger partial charge < -0.3 is 9.80 Å². The number of anilines is 2. The maximum atomic E-state index is 2.72. The van der Waals surface area contributed by atoms with E-state index in [2.05, 4.69) is 89.5 Å². The van der Waals surface area contributed by atoms with Crippen LogP contribution in [-0.2, 0) is 0 Å². The molecular formula is C32H60N2. The van der Waals surface area contributed by atoms with Gasteiger partial charge in [-0.05, 0) is 75.6 Å². The van der Waals surface area contributed by atoms with Crippen LogP contribution in [0.4, 0.5) is 11.4 Å². The molecule has 0 N–H and O–H groups in total. The summed E-state index contributed by atoms with van der Waals surface area (Å²) in [6.07, 6.45) is 15.6. The van der Waals surface area contributed by atoms with Gasteiger partial charge in [-0.2, -0.15) is 0 Å². The molecule has 0 amide bonds. The Balaban J connectivity index is 3.13. The van der Waals surface area contributed by atoms with Crippen LogP contribution in [0.2, 0.25) is 0 Å². The summed E-state index contributed by atoms with van der Waals surface area (Å²) >= 11 is 0. The van der Waals surface area contributed by atoms with Gasteiger partial charge >= 0.3 is 0 Å². The standard InChI is InChI=1S/C32H60N2/c1-9-15-19-29(13-5)25-33(27(7)17-11-3)31-21-23-32(24-22-31)34(28(8)18-12-4)26-30(14-6)20-16-10-2/h21-24,27-30H,9-20,25-26H2,1-8H3. The molecule has 0 fully saturated rings. The van der Waals surface area contributed by atoms with Gasteiger partial charge in [0.15, 0.2) is 0 Å². The summed E-state index contributed by atoms with van der Waals surface area (Å²) in [4.78, 5) is 5.43. The number of nitrogens with zero attached hydrogens (tertiary/aromatic N) is 2. The van der Waals surface area contributed by atoms with E-state index in [0.29, 0.717) is 12.1 Å². The Hall–Kier alpha value is -1.18. The molecule has 0 aromatic heterocycles. The summed E-state index contributed by atoms with van der Waals surface area (Å²) in [6, 6.07) is 10.9. The highest BCUT2D eigenvalue weighted by atomic mass is 15.2. The van der Waals surface area contributed by atoms with Crippen molar-refractivity contribution in [1.29, 1.82) is 0 Å². The van der Waals surface area contributed by atoms with Gasteiger partial charge in [0.2, 0.25) is 0 Å². The van der Waals surface area contributed by atoms with Crippen molar-refractivity contribution in [3.63, 3.8) is 0 Å². The largest absolute Gasteiger partial charge is 0.369 e. The Kier molecular flexibility index (Phi) is 16.5. The second-order valence-electron chi connectivity index (χ2n) is 10.9. The lowest BCUT2D eigenvalue weighted by molar-refractivity contribution is 0.423. The topological polar surface area (TPSA) is 6.48 Å². The first kappa shape index (κ1) is 30.9. The van der Waals surface area contributed by atoms with Crippen LogP contribution in [-0.4, -0.2) is 25.2 Å². The van der Waals surface area contributed by atoms with Crippen LogP contribution in [0.5, 0.6) is 0 Å². The Morgan fingerprint density at radius 1 is 0.529 bits per heavy atom. The first-order valence-corrected chi connectivity index (χ1v) is 15.1. The van der Waals surface area contributed by atoms with E-state index in [1.54, 1.807) is 0 Å². The van der Waals surface area contributed by atoms with E-state index in [1.165, 1.54) is 102 Å². The normalized spacial score (nSPS) is 15.1. The molecule has 0 aliphatic carbocycles. The van der Waals surface area contributed by atoms with Crippen molar-refractivity contribution in [3.05, 3.63) is 24.3 Å². The van der Waals surface area contributed by atoms with Crippen LogP contribution >= 0.6 is 0 Å². The van der Waals surface area contributed by atoms with Crippen molar-refractivity contribution in [2.75, 3.05) is 22.9 Å². The molecule has 0 radical (unpaired) electrons. The lowest BCUT2D eigenvalue weighted by Crippen LogP contribution is -2.38.